The third-order valence-electron chi connectivity index (χ3n) is 4.64. The van der Waals surface area contributed by atoms with E-state index >= 15 is 0 Å². The fourth-order valence-corrected chi connectivity index (χ4v) is 4.36. The molecular weight excluding hydrogens is 426 g/mol. The zero-order valence-corrected chi connectivity index (χ0v) is 18.1. The summed E-state index contributed by atoms with van der Waals surface area (Å²) in [5, 5.41) is 2.87. The van der Waals surface area contributed by atoms with Gasteiger partial charge in [-0.3, -0.25) is 4.98 Å². The highest BCUT2D eigenvalue weighted by molar-refractivity contribution is 7.91. The first-order valence-electron chi connectivity index (χ1n) is 9.83. The van der Waals surface area contributed by atoms with Crippen molar-refractivity contribution in [1.29, 1.82) is 0 Å². The lowest BCUT2D eigenvalue weighted by Gasteiger charge is -2.06. The van der Waals surface area contributed by atoms with E-state index in [1.54, 1.807) is 55.9 Å². The fourth-order valence-electron chi connectivity index (χ4n) is 3.05. The van der Waals surface area contributed by atoms with Gasteiger partial charge in [-0.15, -0.1) is 0 Å². The first-order chi connectivity index (χ1) is 15.6. The smallest absolute Gasteiger partial charge is 0.234 e. The molecule has 0 radical (unpaired) electrons. The van der Waals surface area contributed by atoms with Crippen molar-refractivity contribution in [2.24, 2.45) is 0 Å². The maximum atomic E-state index is 13.2. The van der Waals surface area contributed by atoms with Crippen LogP contribution in [0.25, 0.3) is 12.2 Å². The lowest BCUT2D eigenvalue weighted by molar-refractivity contribution is 0.414. The maximum absolute atomic E-state index is 13.2. The highest BCUT2D eigenvalue weighted by Gasteiger charge is 2.27. The van der Waals surface area contributed by atoms with Crippen molar-refractivity contribution < 1.29 is 17.6 Å². The molecule has 0 saturated heterocycles. The summed E-state index contributed by atoms with van der Waals surface area (Å²) < 4.78 is 37.6. The summed E-state index contributed by atoms with van der Waals surface area (Å²) in [4.78, 5) is 8.49. The van der Waals surface area contributed by atoms with E-state index < -0.39 is 9.84 Å². The molecule has 2 aromatic carbocycles. The number of anilines is 1. The van der Waals surface area contributed by atoms with E-state index in [9.17, 15) is 8.42 Å². The van der Waals surface area contributed by atoms with Gasteiger partial charge in [0.1, 0.15) is 5.75 Å². The van der Waals surface area contributed by atoms with Crippen molar-refractivity contribution in [3.63, 3.8) is 0 Å². The molecule has 0 saturated carbocycles. The minimum atomic E-state index is -3.89. The van der Waals surface area contributed by atoms with Gasteiger partial charge in [0.2, 0.25) is 26.6 Å². The molecule has 2 heterocycles. The first kappa shape index (κ1) is 21.3. The van der Waals surface area contributed by atoms with E-state index in [0.717, 1.165) is 11.1 Å². The largest absolute Gasteiger partial charge is 0.496 e. The minimum absolute atomic E-state index is 0.0670. The van der Waals surface area contributed by atoms with Crippen LogP contribution in [-0.4, -0.2) is 25.5 Å². The van der Waals surface area contributed by atoms with E-state index in [2.05, 4.69) is 15.3 Å². The van der Waals surface area contributed by atoms with Gasteiger partial charge in [0.05, 0.1) is 12.0 Å². The molecule has 0 aliphatic heterocycles. The van der Waals surface area contributed by atoms with Gasteiger partial charge in [0.15, 0.2) is 0 Å². The van der Waals surface area contributed by atoms with Crippen LogP contribution >= 0.6 is 0 Å². The van der Waals surface area contributed by atoms with Crippen molar-refractivity contribution in [2.45, 2.75) is 16.5 Å². The van der Waals surface area contributed by atoms with Crippen LogP contribution in [0, 0.1) is 0 Å². The zero-order chi connectivity index (χ0) is 22.4. The van der Waals surface area contributed by atoms with Gasteiger partial charge in [-0.05, 0) is 35.9 Å². The molecule has 0 bridgehead atoms. The Hall–Kier alpha value is -3.91. The Kier molecular flexibility index (Phi) is 6.32. The maximum Gasteiger partial charge on any atom is 0.234 e. The number of hydrogen-bond donors (Lipinski definition) is 1. The minimum Gasteiger partial charge on any atom is -0.496 e. The van der Waals surface area contributed by atoms with Crippen LogP contribution < -0.4 is 10.1 Å². The van der Waals surface area contributed by atoms with Crippen molar-refractivity contribution in [3.05, 3.63) is 96.1 Å². The molecule has 1 N–H and O–H groups in total. The molecule has 0 atom stereocenters. The molecule has 0 spiro atoms. The second-order valence-corrected chi connectivity index (χ2v) is 8.66. The monoisotopic (exact) mass is 447 g/mol. The van der Waals surface area contributed by atoms with Gasteiger partial charge in [-0.25, -0.2) is 8.42 Å². The Labute approximate surface area is 186 Å². The predicted molar refractivity (Wildman–Crippen MR) is 122 cm³/mol. The first-order valence-corrected chi connectivity index (χ1v) is 11.3. The SMILES string of the molecule is COc1ccccc1C=Cc1nc(S(=O)(=O)c2ccccc2)c(NCc2cccnc2)o1. The van der Waals surface area contributed by atoms with E-state index in [4.69, 9.17) is 9.15 Å². The molecule has 32 heavy (non-hydrogen) atoms. The number of nitrogens with zero attached hydrogens (tertiary/aromatic N) is 2. The highest BCUT2D eigenvalue weighted by atomic mass is 32.2. The van der Waals surface area contributed by atoms with Crippen molar-refractivity contribution in [3.8, 4) is 5.75 Å². The van der Waals surface area contributed by atoms with Gasteiger partial charge in [-0.1, -0.05) is 42.5 Å². The molecule has 2 aromatic heterocycles. The van der Waals surface area contributed by atoms with Crippen LogP contribution in [0.3, 0.4) is 0 Å². The quantitative estimate of drug-likeness (QED) is 0.419. The Morgan fingerprint density at radius 3 is 2.53 bits per heavy atom. The topological polar surface area (TPSA) is 94.3 Å². The van der Waals surface area contributed by atoms with E-state index in [1.807, 2.05) is 30.3 Å². The molecule has 0 amide bonds. The summed E-state index contributed by atoms with van der Waals surface area (Å²) in [6, 6.07) is 19.3. The molecule has 0 aliphatic rings. The Balaban J connectivity index is 1.70. The summed E-state index contributed by atoms with van der Waals surface area (Å²) >= 11 is 0. The third kappa shape index (κ3) is 4.70. The van der Waals surface area contributed by atoms with Crippen LogP contribution in [0.4, 0.5) is 5.88 Å². The fraction of sp³-hybridized carbons (Fsp3) is 0.0833. The van der Waals surface area contributed by atoms with Crippen LogP contribution in [0.15, 0.2) is 93.5 Å². The van der Waals surface area contributed by atoms with Crippen LogP contribution in [0.1, 0.15) is 17.0 Å². The number of aromatic nitrogens is 2. The number of nitrogens with one attached hydrogen (secondary N) is 1. The summed E-state index contributed by atoms with van der Waals surface area (Å²) in [6.07, 6.45) is 6.73. The van der Waals surface area contributed by atoms with E-state index in [0.29, 0.717) is 12.3 Å². The molecule has 0 unspecified atom stereocenters. The van der Waals surface area contributed by atoms with Crippen molar-refractivity contribution in [2.75, 3.05) is 12.4 Å². The molecule has 4 rings (SSSR count). The number of pyridine rings is 1. The number of oxazole rings is 1. The lowest BCUT2D eigenvalue weighted by atomic mass is 10.2. The molecule has 7 nitrogen and oxygen atoms in total. The molecular formula is C24H21N3O4S. The second-order valence-electron chi connectivity index (χ2n) is 6.79. The Morgan fingerprint density at radius 2 is 1.78 bits per heavy atom. The second kappa shape index (κ2) is 9.49. The molecule has 0 aliphatic carbocycles. The van der Waals surface area contributed by atoms with Gasteiger partial charge < -0.3 is 14.5 Å². The van der Waals surface area contributed by atoms with E-state index in [1.165, 1.54) is 12.1 Å². The van der Waals surface area contributed by atoms with Crippen molar-refractivity contribution >= 4 is 27.9 Å². The predicted octanol–water partition coefficient (Wildman–Crippen LogP) is 4.69. The number of para-hydroxylation sites is 1. The highest BCUT2D eigenvalue weighted by Crippen LogP contribution is 2.30. The van der Waals surface area contributed by atoms with Crippen LogP contribution in [0.2, 0.25) is 0 Å². The van der Waals surface area contributed by atoms with Gasteiger partial charge in [0.25, 0.3) is 0 Å². The van der Waals surface area contributed by atoms with Crippen molar-refractivity contribution in [1.82, 2.24) is 9.97 Å². The molecule has 4 aromatic rings. The number of ether oxygens (including phenoxy) is 1. The number of methoxy groups -OCH3 is 1. The van der Waals surface area contributed by atoms with Gasteiger partial charge in [-0.2, -0.15) is 4.98 Å². The number of hydrogen-bond acceptors (Lipinski definition) is 7. The molecule has 162 valence electrons. The van der Waals surface area contributed by atoms with Crippen LogP contribution in [-0.2, 0) is 16.4 Å². The zero-order valence-electron chi connectivity index (χ0n) is 17.3. The summed E-state index contributed by atoms with van der Waals surface area (Å²) in [6.45, 7) is 0.329. The number of sulfone groups is 1. The van der Waals surface area contributed by atoms with E-state index in [-0.39, 0.29) is 21.7 Å². The molecule has 8 heteroatoms. The van der Waals surface area contributed by atoms with Crippen LogP contribution in [0.5, 0.6) is 5.75 Å². The van der Waals surface area contributed by atoms with Gasteiger partial charge >= 0.3 is 0 Å². The van der Waals surface area contributed by atoms with Gasteiger partial charge in [0, 0.05) is 30.6 Å². The normalized spacial score (nSPS) is 11.5. The average Bonchev–Trinajstić information content (AvgIpc) is 3.27. The standard InChI is InChI=1S/C24H21N3O4S/c1-30-21-12-6-5-9-19(21)13-14-22-27-24(32(28,29)20-10-3-2-4-11-20)23(31-22)26-17-18-8-7-15-25-16-18/h2-16,26H,17H2,1H3. The molecule has 0 fully saturated rings. The lowest BCUT2D eigenvalue weighted by Crippen LogP contribution is -2.07. The average molecular weight is 448 g/mol. The summed E-state index contributed by atoms with van der Waals surface area (Å²) in [5.74, 6) is 0.902. The summed E-state index contributed by atoms with van der Waals surface area (Å²) in [5.41, 5.74) is 1.68. The Bertz CT molecular complexity index is 1320. The Morgan fingerprint density at radius 1 is 1.00 bits per heavy atom. The number of rotatable bonds is 8. The third-order valence-corrected chi connectivity index (χ3v) is 6.32. The number of benzene rings is 2. The summed E-state index contributed by atoms with van der Waals surface area (Å²) in [7, 11) is -2.30.